The number of nitriles is 1. The van der Waals surface area contributed by atoms with Crippen LogP contribution in [-0.2, 0) is 9.59 Å². The minimum atomic E-state index is -2.92. The van der Waals surface area contributed by atoms with Gasteiger partial charge in [0, 0.05) is 48.4 Å². The van der Waals surface area contributed by atoms with Gasteiger partial charge in [0.1, 0.15) is 23.7 Å². The number of alkyl halides is 2. The van der Waals surface area contributed by atoms with E-state index >= 15 is 0 Å². The summed E-state index contributed by atoms with van der Waals surface area (Å²) in [5, 5.41) is 12.1. The zero-order valence-electron chi connectivity index (χ0n) is 22.2. The van der Waals surface area contributed by atoms with Gasteiger partial charge in [-0.3, -0.25) is 19.4 Å². The summed E-state index contributed by atoms with van der Waals surface area (Å²) >= 11 is 6.50. The van der Waals surface area contributed by atoms with Gasteiger partial charge in [-0.2, -0.15) is 5.26 Å². The van der Waals surface area contributed by atoms with E-state index in [-0.39, 0.29) is 34.2 Å². The molecular formula is C29H24ClF3N6O3. The number of carbonyl (C=O) groups is 3. The van der Waals surface area contributed by atoms with Gasteiger partial charge < -0.3 is 10.2 Å². The molecule has 0 bridgehead atoms. The van der Waals surface area contributed by atoms with Crippen LogP contribution in [-0.4, -0.2) is 59.3 Å². The number of aromatic nitrogens is 1. The van der Waals surface area contributed by atoms with Crippen molar-refractivity contribution in [3.05, 3.63) is 88.8 Å². The van der Waals surface area contributed by atoms with E-state index in [9.17, 15) is 32.8 Å². The molecule has 2 aromatic carbocycles. The van der Waals surface area contributed by atoms with Crippen molar-refractivity contribution in [1.82, 2.24) is 15.2 Å². The second-order valence-electron chi connectivity index (χ2n) is 10.1. The lowest BCUT2D eigenvalue weighted by molar-refractivity contribution is -0.133. The number of hydrogen-bond acceptors (Lipinski definition) is 5. The molecule has 1 saturated heterocycles. The van der Waals surface area contributed by atoms with Crippen molar-refractivity contribution in [3.8, 4) is 6.07 Å². The van der Waals surface area contributed by atoms with Crippen molar-refractivity contribution in [1.29, 1.82) is 5.26 Å². The lowest BCUT2D eigenvalue weighted by atomic mass is 9.87. The maximum absolute atomic E-state index is 14.6. The molecule has 0 spiro atoms. The summed E-state index contributed by atoms with van der Waals surface area (Å²) in [5.41, 5.74) is 0.329. The Morgan fingerprint density at radius 1 is 1.17 bits per heavy atom. The first-order valence-electron chi connectivity index (χ1n) is 12.9. The Hall–Kier alpha value is -4.63. The Kier molecular flexibility index (Phi) is 7.79. The van der Waals surface area contributed by atoms with Gasteiger partial charge in [-0.1, -0.05) is 35.9 Å². The third-order valence-corrected chi connectivity index (χ3v) is 7.51. The second-order valence-corrected chi connectivity index (χ2v) is 10.6. The van der Waals surface area contributed by atoms with Crippen molar-refractivity contribution in [2.75, 3.05) is 23.4 Å². The smallest absolute Gasteiger partial charge is 0.326 e. The van der Waals surface area contributed by atoms with Crippen LogP contribution in [0.5, 0.6) is 0 Å². The molecule has 0 radical (unpaired) electrons. The van der Waals surface area contributed by atoms with Crippen molar-refractivity contribution in [2.24, 2.45) is 0 Å². The Morgan fingerprint density at radius 3 is 2.57 bits per heavy atom. The molecule has 3 aromatic rings. The number of nitrogens with one attached hydrogen (secondary N) is 1. The van der Waals surface area contributed by atoms with Crippen LogP contribution in [0.25, 0.3) is 0 Å². The van der Waals surface area contributed by atoms with Crippen molar-refractivity contribution >= 4 is 41.0 Å². The highest BCUT2D eigenvalue weighted by atomic mass is 35.5. The Morgan fingerprint density at radius 2 is 1.90 bits per heavy atom. The van der Waals surface area contributed by atoms with Crippen molar-refractivity contribution < 1.29 is 27.6 Å². The van der Waals surface area contributed by atoms with E-state index < -0.39 is 60.6 Å². The number of carbonyl (C=O) groups excluding carboxylic acids is 3. The molecule has 1 saturated carbocycles. The molecule has 9 nitrogen and oxygen atoms in total. The van der Waals surface area contributed by atoms with Crippen LogP contribution >= 0.6 is 11.6 Å². The second kappa shape index (κ2) is 11.3. The predicted octanol–water partition coefficient (Wildman–Crippen LogP) is 4.67. The highest BCUT2D eigenvalue weighted by molar-refractivity contribution is 6.31. The van der Waals surface area contributed by atoms with Crippen LogP contribution in [0.3, 0.4) is 0 Å². The van der Waals surface area contributed by atoms with Crippen LogP contribution in [0.4, 0.5) is 29.5 Å². The number of pyridine rings is 1. The van der Waals surface area contributed by atoms with Gasteiger partial charge in [0.25, 0.3) is 11.8 Å². The summed E-state index contributed by atoms with van der Waals surface area (Å²) in [7, 11) is 1.47. The highest BCUT2D eigenvalue weighted by Crippen LogP contribution is 2.39. The fourth-order valence-electron chi connectivity index (χ4n) is 5.13. The Bertz CT molecular complexity index is 1590. The number of anilines is 2. The average Bonchev–Trinajstić information content (AvgIpc) is 3.24. The van der Waals surface area contributed by atoms with E-state index in [1.165, 1.54) is 54.5 Å². The van der Waals surface area contributed by atoms with Crippen molar-refractivity contribution in [3.63, 3.8) is 0 Å². The van der Waals surface area contributed by atoms with E-state index in [2.05, 4.69) is 10.3 Å². The topological polar surface area (TPSA) is 110 Å². The van der Waals surface area contributed by atoms with Crippen LogP contribution in [0.15, 0.2) is 66.9 Å². The van der Waals surface area contributed by atoms with E-state index in [0.717, 1.165) is 21.9 Å². The standard InChI is InChI=1S/C29H24ClF3N6O3/c1-37-16-23(39(28(37)42)24-11-17(15-34)9-10-35-24)27(41)38(20-6-4-5-18(31)12-20)25(21-7-2-3-8-22(21)30)26(40)36-19-13-29(32,33)14-19/h2-12,19,23,25H,13-14,16H2,1H3,(H,36,40)/t23-,25-/m0/s1. The molecule has 216 valence electrons. The normalized spacial score (nSPS) is 18.7. The number of benzene rings is 2. The molecule has 0 unspecified atom stereocenters. The van der Waals surface area contributed by atoms with E-state index in [1.807, 2.05) is 6.07 Å². The van der Waals surface area contributed by atoms with Gasteiger partial charge in [0.05, 0.1) is 18.2 Å². The first-order valence-corrected chi connectivity index (χ1v) is 13.3. The van der Waals surface area contributed by atoms with Gasteiger partial charge >= 0.3 is 6.03 Å². The number of nitrogens with zero attached hydrogens (tertiary/aromatic N) is 5. The molecule has 1 N–H and O–H groups in total. The number of amides is 4. The lowest BCUT2D eigenvalue weighted by Crippen LogP contribution is -2.56. The van der Waals surface area contributed by atoms with Crippen molar-refractivity contribution in [2.45, 2.75) is 36.9 Å². The molecule has 2 atom stereocenters. The summed E-state index contributed by atoms with van der Waals surface area (Å²) in [5.74, 6) is -5.20. The summed E-state index contributed by atoms with van der Waals surface area (Å²) in [6, 6.07) is 11.7. The van der Waals surface area contributed by atoms with E-state index in [1.54, 1.807) is 12.1 Å². The fourth-order valence-corrected chi connectivity index (χ4v) is 5.37. The summed E-state index contributed by atoms with van der Waals surface area (Å²) in [6.45, 7) is -0.131. The van der Waals surface area contributed by atoms with E-state index in [4.69, 9.17) is 11.6 Å². The Labute approximate surface area is 244 Å². The monoisotopic (exact) mass is 596 g/mol. The minimum Gasteiger partial charge on any atom is -0.351 e. The van der Waals surface area contributed by atoms with Crippen LogP contribution in [0, 0.1) is 17.1 Å². The third kappa shape index (κ3) is 5.60. The van der Waals surface area contributed by atoms with Gasteiger partial charge in [0.15, 0.2) is 0 Å². The highest BCUT2D eigenvalue weighted by Gasteiger charge is 2.49. The van der Waals surface area contributed by atoms with Gasteiger partial charge in [0.2, 0.25) is 5.91 Å². The lowest BCUT2D eigenvalue weighted by Gasteiger charge is -2.39. The molecule has 42 heavy (non-hydrogen) atoms. The zero-order valence-corrected chi connectivity index (χ0v) is 22.9. The fraction of sp³-hybridized carbons (Fsp3) is 0.276. The number of rotatable bonds is 7. The van der Waals surface area contributed by atoms with Gasteiger partial charge in [-0.15, -0.1) is 0 Å². The van der Waals surface area contributed by atoms with Crippen LogP contribution < -0.4 is 15.1 Å². The number of hydrogen-bond donors (Lipinski definition) is 1. The van der Waals surface area contributed by atoms with Gasteiger partial charge in [-0.05, 0) is 36.4 Å². The summed E-state index contributed by atoms with van der Waals surface area (Å²) in [6.07, 6.45) is 0.177. The molecule has 1 aliphatic heterocycles. The molecule has 2 aliphatic rings. The summed E-state index contributed by atoms with van der Waals surface area (Å²) in [4.78, 5) is 49.2. The number of likely N-dealkylation sites (N-methyl/N-ethyl adjacent to an activating group) is 1. The largest absolute Gasteiger partial charge is 0.351 e. The summed E-state index contributed by atoms with van der Waals surface area (Å²) < 4.78 is 41.8. The molecule has 5 rings (SSSR count). The maximum atomic E-state index is 14.6. The first kappa shape index (κ1) is 28.9. The molecule has 2 fully saturated rings. The molecule has 4 amide bonds. The molecule has 1 aromatic heterocycles. The number of halogens is 4. The quantitative estimate of drug-likeness (QED) is 0.426. The third-order valence-electron chi connectivity index (χ3n) is 7.16. The van der Waals surface area contributed by atoms with Crippen LogP contribution in [0.2, 0.25) is 5.02 Å². The Balaban J connectivity index is 1.63. The molecule has 2 heterocycles. The molecule has 1 aliphatic carbocycles. The minimum absolute atomic E-state index is 0.0244. The SMILES string of the molecule is CN1C[C@@H](C(=O)N(c2cccc(F)c2)[C@H](C(=O)NC2CC(F)(F)C2)c2ccccc2Cl)N(c2cc(C#N)ccn2)C1=O. The van der Waals surface area contributed by atoms with Crippen LogP contribution in [0.1, 0.15) is 30.0 Å². The maximum Gasteiger partial charge on any atom is 0.326 e. The predicted molar refractivity (Wildman–Crippen MR) is 147 cm³/mol. The molecule has 13 heteroatoms. The van der Waals surface area contributed by atoms with Gasteiger partial charge in [-0.25, -0.2) is 22.9 Å². The average molecular weight is 597 g/mol. The molecular weight excluding hydrogens is 573 g/mol. The first-order chi connectivity index (χ1) is 20.0. The number of urea groups is 1. The zero-order chi connectivity index (χ0) is 30.2. The van der Waals surface area contributed by atoms with E-state index in [0.29, 0.717) is 0 Å².